The van der Waals surface area contributed by atoms with Crippen LogP contribution in [0.5, 0.6) is 0 Å². The van der Waals surface area contributed by atoms with Crippen LogP contribution in [0.15, 0.2) is 59.5 Å². The van der Waals surface area contributed by atoms with Gasteiger partial charge in [-0.25, -0.2) is 4.79 Å². The number of carboxylic acid groups (broad SMARTS) is 1. The molecule has 0 heterocycles. The molecule has 116 valence electrons. The van der Waals surface area contributed by atoms with Gasteiger partial charge in [0.15, 0.2) is 0 Å². The second-order valence-corrected chi connectivity index (χ2v) is 5.42. The minimum atomic E-state index is -4.00. The van der Waals surface area contributed by atoms with Gasteiger partial charge in [0.2, 0.25) is 5.91 Å². The molecule has 0 saturated carbocycles. The van der Waals surface area contributed by atoms with Crippen LogP contribution in [-0.4, -0.2) is 30.0 Å². The number of amides is 1. The Bertz CT molecular complexity index is 738. The van der Waals surface area contributed by atoms with Gasteiger partial charge in [0, 0.05) is 0 Å². The molecule has 2 aromatic rings. The van der Waals surface area contributed by atoms with Gasteiger partial charge in [-0.05, 0) is 24.3 Å². The van der Waals surface area contributed by atoms with Crippen molar-refractivity contribution in [1.82, 2.24) is 0 Å². The van der Waals surface area contributed by atoms with E-state index in [4.69, 9.17) is 15.4 Å². The van der Waals surface area contributed by atoms with Crippen molar-refractivity contribution < 1.29 is 27.7 Å². The number of rotatable bonds is 3. The Balaban J connectivity index is 0.000000224. The predicted molar refractivity (Wildman–Crippen MR) is 78.2 cm³/mol. The largest absolute Gasteiger partial charge is 0.478 e. The summed E-state index contributed by atoms with van der Waals surface area (Å²) in [6.45, 7) is 0. The van der Waals surface area contributed by atoms with Gasteiger partial charge in [-0.15, -0.1) is 0 Å². The normalized spacial score (nSPS) is 10.2. The number of carbonyl (C=O) groups is 2. The van der Waals surface area contributed by atoms with Crippen LogP contribution < -0.4 is 5.73 Å². The summed E-state index contributed by atoms with van der Waals surface area (Å²) in [5.41, 5.74) is 4.92. The fourth-order valence-corrected chi connectivity index (χ4v) is 1.98. The average molecular weight is 323 g/mol. The van der Waals surface area contributed by atoms with E-state index in [2.05, 4.69) is 0 Å². The van der Waals surface area contributed by atoms with Crippen LogP contribution in [0.3, 0.4) is 0 Å². The Kier molecular flexibility index (Phi) is 5.79. The van der Waals surface area contributed by atoms with E-state index in [0.29, 0.717) is 0 Å². The molecule has 22 heavy (non-hydrogen) atoms. The summed E-state index contributed by atoms with van der Waals surface area (Å²) in [7, 11) is -4.00. The lowest BCUT2D eigenvalue weighted by Crippen LogP contribution is -2.15. The molecule has 0 saturated heterocycles. The summed E-state index contributed by atoms with van der Waals surface area (Å²) in [5.74, 6) is -1.88. The molecule has 0 radical (unpaired) electrons. The molecule has 2 aromatic carbocycles. The van der Waals surface area contributed by atoms with Crippen molar-refractivity contribution in [2.75, 3.05) is 0 Å². The van der Waals surface area contributed by atoms with Crippen molar-refractivity contribution >= 4 is 22.0 Å². The molecule has 0 aliphatic rings. The summed E-state index contributed by atoms with van der Waals surface area (Å²) in [6.07, 6.45) is 0. The first kappa shape index (κ1) is 17.3. The number of hydrogen-bond acceptors (Lipinski definition) is 4. The molecule has 0 fully saturated rings. The summed E-state index contributed by atoms with van der Waals surface area (Å²) in [5, 5.41) is 8.61. The van der Waals surface area contributed by atoms with Gasteiger partial charge >= 0.3 is 5.97 Å². The number of primary amides is 1. The highest BCUT2D eigenvalue weighted by Gasteiger charge is 2.12. The fraction of sp³-hybridized carbons (Fsp3) is 0. The summed E-state index contributed by atoms with van der Waals surface area (Å²) in [6, 6.07) is 13.2. The molecule has 8 heteroatoms. The maximum Gasteiger partial charge on any atom is 0.336 e. The van der Waals surface area contributed by atoms with Crippen molar-refractivity contribution in [2.24, 2.45) is 5.73 Å². The number of hydrogen-bond donors (Lipinski definition) is 3. The van der Waals surface area contributed by atoms with Gasteiger partial charge in [0.1, 0.15) is 0 Å². The Morgan fingerprint density at radius 2 is 1.32 bits per heavy atom. The molecule has 7 nitrogen and oxygen atoms in total. The number of nitrogens with two attached hydrogens (primary N) is 1. The zero-order chi connectivity index (χ0) is 16.8. The summed E-state index contributed by atoms with van der Waals surface area (Å²) in [4.78, 5) is 21.1. The second kappa shape index (κ2) is 7.34. The first-order chi connectivity index (χ1) is 10.2. The van der Waals surface area contributed by atoms with Gasteiger partial charge in [0.25, 0.3) is 10.1 Å². The summed E-state index contributed by atoms with van der Waals surface area (Å²) >= 11 is 0. The van der Waals surface area contributed by atoms with Crippen LogP contribution in [0.4, 0.5) is 0 Å². The number of carbonyl (C=O) groups excluding carboxylic acids is 1. The van der Waals surface area contributed by atoms with E-state index in [1.165, 1.54) is 30.3 Å². The van der Waals surface area contributed by atoms with E-state index in [-0.39, 0.29) is 16.0 Å². The van der Waals surface area contributed by atoms with E-state index in [9.17, 15) is 18.0 Å². The van der Waals surface area contributed by atoms with E-state index >= 15 is 0 Å². The zero-order valence-corrected chi connectivity index (χ0v) is 12.0. The summed E-state index contributed by atoms with van der Waals surface area (Å²) < 4.78 is 29.2. The maximum atomic E-state index is 10.7. The van der Waals surface area contributed by atoms with Crippen LogP contribution in [0.1, 0.15) is 20.7 Å². The van der Waals surface area contributed by atoms with Crippen molar-refractivity contribution in [2.45, 2.75) is 4.90 Å². The van der Waals surface area contributed by atoms with Crippen LogP contribution in [0, 0.1) is 0 Å². The van der Waals surface area contributed by atoms with Crippen LogP contribution in [0.2, 0.25) is 0 Å². The predicted octanol–water partition coefficient (Wildman–Crippen LogP) is 1.42. The third-order valence-electron chi connectivity index (χ3n) is 2.46. The minimum absolute atomic E-state index is 0.0324. The van der Waals surface area contributed by atoms with E-state index in [1.807, 2.05) is 0 Å². The topological polar surface area (TPSA) is 135 Å². The maximum absolute atomic E-state index is 10.7. The molecule has 0 bridgehead atoms. The number of aromatic carboxylic acids is 1. The number of carboxylic acids is 1. The van der Waals surface area contributed by atoms with Gasteiger partial charge in [-0.2, -0.15) is 8.42 Å². The van der Waals surface area contributed by atoms with Crippen molar-refractivity contribution in [3.05, 3.63) is 65.7 Å². The smallest absolute Gasteiger partial charge is 0.336 e. The molecule has 0 aliphatic heterocycles. The first-order valence-electron chi connectivity index (χ1n) is 5.88. The van der Waals surface area contributed by atoms with Crippen molar-refractivity contribution in [3.63, 3.8) is 0 Å². The Morgan fingerprint density at radius 3 is 1.64 bits per heavy atom. The fourth-order valence-electron chi connectivity index (χ4n) is 1.48. The molecular weight excluding hydrogens is 310 g/mol. The zero-order valence-electron chi connectivity index (χ0n) is 11.2. The highest BCUT2D eigenvalue weighted by Crippen LogP contribution is 2.07. The monoisotopic (exact) mass is 323 g/mol. The molecule has 0 atom stereocenters. The van der Waals surface area contributed by atoms with E-state index < -0.39 is 22.0 Å². The van der Waals surface area contributed by atoms with Gasteiger partial charge in [-0.1, -0.05) is 30.3 Å². The number of benzene rings is 2. The Hall–Kier alpha value is -2.71. The SMILES string of the molecule is NC(=O)c1ccccc1C(=O)O.O=S(=O)(O)c1ccccc1. The van der Waals surface area contributed by atoms with Crippen LogP contribution in [0.25, 0.3) is 0 Å². The lowest BCUT2D eigenvalue weighted by Gasteiger charge is -1.99. The molecule has 0 aliphatic carbocycles. The van der Waals surface area contributed by atoms with Gasteiger partial charge in [0.05, 0.1) is 16.0 Å². The van der Waals surface area contributed by atoms with Crippen molar-refractivity contribution in [3.8, 4) is 0 Å². The highest BCUT2D eigenvalue weighted by atomic mass is 32.2. The standard InChI is InChI=1S/C8H7NO3.C6H6O3S/c9-7(10)5-3-1-2-4-6(5)8(11)12;7-10(8,9)6-4-2-1-3-5-6/h1-4H,(H2,9,10)(H,11,12);1-5H,(H,7,8,9). The molecule has 2 rings (SSSR count). The molecule has 1 amide bonds. The third kappa shape index (κ3) is 5.00. The lowest BCUT2D eigenvalue weighted by atomic mass is 10.1. The van der Waals surface area contributed by atoms with Gasteiger partial charge in [-0.3, -0.25) is 9.35 Å². The quantitative estimate of drug-likeness (QED) is 0.731. The molecule has 0 spiro atoms. The third-order valence-corrected chi connectivity index (χ3v) is 3.33. The Labute approximate surface area is 126 Å². The second-order valence-electron chi connectivity index (χ2n) is 4.00. The van der Waals surface area contributed by atoms with Crippen LogP contribution >= 0.6 is 0 Å². The molecular formula is C14H13NO6S. The minimum Gasteiger partial charge on any atom is -0.478 e. The molecule has 0 aromatic heterocycles. The Morgan fingerprint density at radius 1 is 0.864 bits per heavy atom. The first-order valence-corrected chi connectivity index (χ1v) is 7.32. The van der Waals surface area contributed by atoms with E-state index in [0.717, 1.165) is 0 Å². The highest BCUT2D eigenvalue weighted by molar-refractivity contribution is 7.85. The van der Waals surface area contributed by atoms with Crippen LogP contribution in [-0.2, 0) is 10.1 Å². The van der Waals surface area contributed by atoms with Gasteiger partial charge < -0.3 is 10.8 Å². The molecule has 0 unspecified atom stereocenters. The lowest BCUT2D eigenvalue weighted by molar-refractivity contribution is 0.0692. The average Bonchev–Trinajstić information content (AvgIpc) is 2.48. The van der Waals surface area contributed by atoms with Crippen molar-refractivity contribution in [1.29, 1.82) is 0 Å². The molecule has 4 N–H and O–H groups in total. The van der Waals surface area contributed by atoms with E-state index in [1.54, 1.807) is 24.3 Å².